The van der Waals surface area contributed by atoms with Crippen molar-refractivity contribution < 1.29 is 14.6 Å². The normalized spacial score (nSPS) is 18.5. The van der Waals surface area contributed by atoms with Crippen molar-refractivity contribution in [2.24, 2.45) is 5.92 Å². The predicted octanol–water partition coefficient (Wildman–Crippen LogP) is 5.97. The first-order valence-electron chi connectivity index (χ1n) is 10.7. The Morgan fingerprint density at radius 1 is 1.00 bits per heavy atom. The van der Waals surface area contributed by atoms with Gasteiger partial charge in [-0.15, -0.1) is 0 Å². The quantitative estimate of drug-likeness (QED) is 0.393. The molecule has 6 nitrogen and oxygen atoms in total. The van der Waals surface area contributed by atoms with Gasteiger partial charge in [0, 0.05) is 5.56 Å². The molecule has 2 atom stereocenters. The summed E-state index contributed by atoms with van der Waals surface area (Å²) >= 11 is 6.53. The smallest absolute Gasteiger partial charge is 0.306 e. The minimum Gasteiger partial charge on any atom is -0.481 e. The van der Waals surface area contributed by atoms with Crippen LogP contribution >= 0.6 is 11.6 Å². The molecule has 1 saturated carbocycles. The molecule has 4 aromatic rings. The van der Waals surface area contributed by atoms with Gasteiger partial charge >= 0.3 is 5.97 Å². The summed E-state index contributed by atoms with van der Waals surface area (Å²) in [4.78, 5) is 23.5. The molecule has 2 aromatic carbocycles. The first-order valence-corrected chi connectivity index (χ1v) is 11.1. The number of halogens is 1. The number of benzene rings is 2. The lowest BCUT2D eigenvalue weighted by Crippen LogP contribution is -2.29. The molecule has 0 bridgehead atoms. The van der Waals surface area contributed by atoms with E-state index >= 15 is 0 Å². The van der Waals surface area contributed by atoms with E-state index in [1.54, 1.807) is 6.07 Å². The van der Waals surface area contributed by atoms with E-state index < -0.39 is 5.97 Å². The van der Waals surface area contributed by atoms with Crippen LogP contribution in [0.3, 0.4) is 0 Å². The van der Waals surface area contributed by atoms with E-state index in [-0.39, 0.29) is 12.0 Å². The van der Waals surface area contributed by atoms with Crippen LogP contribution in [0.15, 0.2) is 60.7 Å². The van der Waals surface area contributed by atoms with Gasteiger partial charge in [0.25, 0.3) is 6.01 Å². The average Bonchev–Trinajstić information content (AvgIpc) is 3.20. The molecule has 2 N–H and O–H groups in total. The van der Waals surface area contributed by atoms with Gasteiger partial charge in [0.05, 0.1) is 22.2 Å². The molecule has 0 aliphatic heterocycles. The van der Waals surface area contributed by atoms with Gasteiger partial charge in [-0.2, -0.15) is 4.98 Å². The second-order valence-electron chi connectivity index (χ2n) is 8.12. The highest BCUT2D eigenvalue weighted by Gasteiger charge is 2.28. The molecule has 0 unspecified atom stereocenters. The largest absolute Gasteiger partial charge is 0.481 e. The van der Waals surface area contributed by atoms with E-state index in [0.717, 1.165) is 29.5 Å². The molecule has 162 valence electrons. The summed E-state index contributed by atoms with van der Waals surface area (Å²) in [5.74, 6) is -1.13. The van der Waals surface area contributed by atoms with E-state index in [1.165, 1.54) is 0 Å². The number of carboxylic acids is 1. The standard InChI is InChI=1S/C25H22ClN3O3/c26-20-14-21-23(29-25(27-21)32-19-8-4-7-18(13-19)24(30)31)28-22(20)17-11-9-16(10-12-17)15-5-2-1-3-6-15/h1-3,5-6,9-12,14,18-19H,4,7-8,13H2,(H,30,31)(H,27,28,29)/t18-,19+/m0/s1. The third-order valence-electron chi connectivity index (χ3n) is 5.92. The average molecular weight is 448 g/mol. The summed E-state index contributed by atoms with van der Waals surface area (Å²) < 4.78 is 5.96. The zero-order valence-corrected chi connectivity index (χ0v) is 18.0. The molecule has 2 aromatic heterocycles. The highest BCUT2D eigenvalue weighted by atomic mass is 35.5. The van der Waals surface area contributed by atoms with Crippen molar-refractivity contribution in [3.8, 4) is 28.4 Å². The van der Waals surface area contributed by atoms with Gasteiger partial charge in [-0.05, 0) is 42.9 Å². The summed E-state index contributed by atoms with van der Waals surface area (Å²) in [5, 5.41) is 9.80. The number of imidazole rings is 1. The number of fused-ring (bicyclic) bond motifs is 1. The van der Waals surface area contributed by atoms with Gasteiger partial charge in [-0.25, -0.2) is 4.98 Å². The van der Waals surface area contributed by atoms with Gasteiger partial charge < -0.3 is 14.8 Å². The van der Waals surface area contributed by atoms with Crippen LogP contribution in [-0.4, -0.2) is 32.1 Å². The highest BCUT2D eigenvalue weighted by Crippen LogP contribution is 2.32. The van der Waals surface area contributed by atoms with Crippen molar-refractivity contribution in [2.45, 2.75) is 31.8 Å². The van der Waals surface area contributed by atoms with Crippen LogP contribution < -0.4 is 4.74 Å². The van der Waals surface area contributed by atoms with Crippen molar-refractivity contribution in [3.05, 3.63) is 65.7 Å². The van der Waals surface area contributed by atoms with Crippen molar-refractivity contribution >= 4 is 28.7 Å². The lowest BCUT2D eigenvalue weighted by molar-refractivity contribution is -0.143. The van der Waals surface area contributed by atoms with Crippen molar-refractivity contribution in [1.29, 1.82) is 0 Å². The van der Waals surface area contributed by atoms with E-state index in [0.29, 0.717) is 40.7 Å². The van der Waals surface area contributed by atoms with Gasteiger partial charge in [-0.1, -0.05) is 66.2 Å². The van der Waals surface area contributed by atoms with E-state index in [1.807, 2.05) is 42.5 Å². The number of nitrogens with one attached hydrogen (secondary N) is 1. The van der Waals surface area contributed by atoms with Crippen LogP contribution in [-0.2, 0) is 4.79 Å². The number of aromatic nitrogens is 3. The number of ether oxygens (including phenoxy) is 1. The maximum absolute atomic E-state index is 11.3. The molecule has 0 saturated heterocycles. The van der Waals surface area contributed by atoms with Crippen LogP contribution in [0, 0.1) is 5.92 Å². The zero-order chi connectivity index (χ0) is 22.1. The molecule has 1 aliphatic carbocycles. The Labute approximate surface area is 190 Å². The number of carboxylic acid groups (broad SMARTS) is 1. The number of H-pyrrole nitrogens is 1. The Bertz CT molecular complexity index is 1250. The van der Waals surface area contributed by atoms with Gasteiger partial charge in [0.1, 0.15) is 6.10 Å². The Balaban J connectivity index is 1.38. The molecule has 0 amide bonds. The van der Waals surface area contributed by atoms with Gasteiger partial charge in [0.15, 0.2) is 5.65 Å². The molecular formula is C25H22ClN3O3. The van der Waals surface area contributed by atoms with Crippen LogP contribution in [0.25, 0.3) is 33.5 Å². The second kappa shape index (κ2) is 8.63. The van der Waals surface area contributed by atoms with E-state index in [2.05, 4.69) is 27.1 Å². The number of carbonyl (C=O) groups is 1. The molecule has 32 heavy (non-hydrogen) atoms. The molecular weight excluding hydrogens is 426 g/mol. The Hall–Kier alpha value is -3.38. The van der Waals surface area contributed by atoms with Gasteiger partial charge in [0.2, 0.25) is 0 Å². The monoisotopic (exact) mass is 447 g/mol. The fraction of sp³-hybridized carbons (Fsp3) is 0.240. The number of pyridine rings is 1. The fourth-order valence-electron chi connectivity index (χ4n) is 4.24. The second-order valence-corrected chi connectivity index (χ2v) is 8.52. The third kappa shape index (κ3) is 4.18. The van der Waals surface area contributed by atoms with E-state index in [4.69, 9.17) is 16.3 Å². The molecule has 0 radical (unpaired) electrons. The van der Waals surface area contributed by atoms with Crippen LogP contribution in [0.5, 0.6) is 6.01 Å². The lowest BCUT2D eigenvalue weighted by atomic mass is 9.87. The minimum atomic E-state index is -0.765. The van der Waals surface area contributed by atoms with Crippen LogP contribution in [0.2, 0.25) is 5.02 Å². The summed E-state index contributed by atoms with van der Waals surface area (Å²) in [6.45, 7) is 0. The molecule has 2 heterocycles. The van der Waals surface area contributed by atoms with Crippen molar-refractivity contribution in [3.63, 3.8) is 0 Å². The van der Waals surface area contributed by atoms with Crippen molar-refractivity contribution in [1.82, 2.24) is 15.0 Å². The third-order valence-corrected chi connectivity index (χ3v) is 6.21. The predicted molar refractivity (Wildman–Crippen MR) is 124 cm³/mol. The molecule has 0 spiro atoms. The SMILES string of the molecule is O=C(O)[C@H]1CCC[C@@H](Oc2nc3nc(-c4ccc(-c5ccccc5)cc4)c(Cl)cc3[nH]2)C1. The Morgan fingerprint density at radius 2 is 1.72 bits per heavy atom. The van der Waals surface area contributed by atoms with Crippen molar-refractivity contribution in [2.75, 3.05) is 0 Å². The van der Waals surface area contributed by atoms with Gasteiger partial charge in [-0.3, -0.25) is 4.79 Å². The summed E-state index contributed by atoms with van der Waals surface area (Å²) in [5.41, 5.74) is 5.01. The van der Waals surface area contributed by atoms with Crippen LogP contribution in [0.4, 0.5) is 0 Å². The molecule has 1 aliphatic rings. The van der Waals surface area contributed by atoms with E-state index in [9.17, 15) is 9.90 Å². The first-order chi connectivity index (χ1) is 15.6. The number of rotatable bonds is 5. The fourth-order valence-corrected chi connectivity index (χ4v) is 4.50. The number of nitrogens with zero attached hydrogens (tertiary/aromatic N) is 2. The number of hydrogen-bond donors (Lipinski definition) is 2. The molecule has 1 fully saturated rings. The Morgan fingerprint density at radius 3 is 2.47 bits per heavy atom. The first kappa shape index (κ1) is 20.5. The topological polar surface area (TPSA) is 88.1 Å². The number of aromatic amines is 1. The highest BCUT2D eigenvalue weighted by molar-refractivity contribution is 6.33. The Kier molecular flexibility index (Phi) is 5.53. The van der Waals surface area contributed by atoms with Crippen LogP contribution in [0.1, 0.15) is 25.7 Å². The zero-order valence-electron chi connectivity index (χ0n) is 17.3. The summed E-state index contributed by atoms with van der Waals surface area (Å²) in [7, 11) is 0. The summed E-state index contributed by atoms with van der Waals surface area (Å²) in [6.07, 6.45) is 2.65. The molecule has 7 heteroatoms. The maximum Gasteiger partial charge on any atom is 0.306 e. The number of hydrogen-bond acceptors (Lipinski definition) is 4. The maximum atomic E-state index is 11.3. The lowest BCUT2D eigenvalue weighted by Gasteiger charge is -2.26. The molecule has 5 rings (SSSR count). The number of aliphatic carboxylic acids is 1. The minimum absolute atomic E-state index is 0.175. The summed E-state index contributed by atoms with van der Waals surface area (Å²) in [6, 6.07) is 20.4.